The molecule has 0 N–H and O–H groups in total. The predicted octanol–water partition coefficient (Wildman–Crippen LogP) is 4.64. The Balaban J connectivity index is 1.96. The van der Waals surface area contributed by atoms with Gasteiger partial charge in [-0.05, 0) is 35.7 Å². The fourth-order valence-corrected chi connectivity index (χ4v) is 2.42. The first-order chi connectivity index (χ1) is 10.8. The number of rotatable bonds is 5. The number of benzene rings is 2. The number of ether oxygens (including phenoxy) is 1. The highest BCUT2D eigenvalue weighted by molar-refractivity contribution is 5.93. The van der Waals surface area contributed by atoms with Crippen LogP contribution in [0.2, 0.25) is 0 Å². The molecule has 0 bridgehead atoms. The van der Waals surface area contributed by atoms with Gasteiger partial charge >= 0.3 is 5.63 Å². The average molecular weight is 294 g/mol. The maximum absolute atomic E-state index is 11.7. The molecular weight excluding hydrogens is 276 g/mol. The first-order valence-electron chi connectivity index (χ1n) is 7.54. The van der Waals surface area contributed by atoms with Crippen molar-refractivity contribution in [2.75, 3.05) is 6.61 Å². The lowest BCUT2D eigenvalue weighted by Gasteiger charge is -2.08. The van der Waals surface area contributed by atoms with Crippen LogP contribution >= 0.6 is 0 Å². The SMILES string of the molecule is CCCCOc1ccc(-c2cc(=O)oc3ccccc23)cc1. The minimum absolute atomic E-state index is 0.336. The lowest BCUT2D eigenvalue weighted by atomic mass is 10.0. The number of unbranched alkanes of at least 4 members (excludes halogenated alkanes) is 1. The first-order valence-corrected chi connectivity index (χ1v) is 7.54. The molecular formula is C19H18O3. The van der Waals surface area contributed by atoms with Crippen LogP contribution in [0.5, 0.6) is 5.75 Å². The van der Waals surface area contributed by atoms with E-state index in [2.05, 4.69) is 6.92 Å². The second-order valence-electron chi connectivity index (χ2n) is 5.20. The highest BCUT2D eigenvalue weighted by Gasteiger charge is 2.07. The van der Waals surface area contributed by atoms with Crippen molar-refractivity contribution in [2.24, 2.45) is 0 Å². The molecule has 0 radical (unpaired) electrons. The van der Waals surface area contributed by atoms with Crippen molar-refractivity contribution in [1.29, 1.82) is 0 Å². The molecule has 0 aliphatic heterocycles. The van der Waals surface area contributed by atoms with E-state index in [1.807, 2.05) is 48.5 Å². The Hall–Kier alpha value is -2.55. The lowest BCUT2D eigenvalue weighted by molar-refractivity contribution is 0.309. The van der Waals surface area contributed by atoms with Gasteiger partial charge in [-0.1, -0.05) is 43.7 Å². The van der Waals surface area contributed by atoms with E-state index >= 15 is 0 Å². The topological polar surface area (TPSA) is 39.4 Å². The Kier molecular flexibility index (Phi) is 4.24. The van der Waals surface area contributed by atoms with E-state index in [-0.39, 0.29) is 5.63 Å². The van der Waals surface area contributed by atoms with Crippen molar-refractivity contribution in [3.63, 3.8) is 0 Å². The quantitative estimate of drug-likeness (QED) is 0.508. The summed E-state index contributed by atoms with van der Waals surface area (Å²) in [5.41, 5.74) is 2.13. The Bertz CT molecular complexity index is 816. The summed E-state index contributed by atoms with van der Waals surface area (Å²) in [5.74, 6) is 0.851. The molecule has 0 fully saturated rings. The smallest absolute Gasteiger partial charge is 0.336 e. The third-order valence-electron chi connectivity index (χ3n) is 3.58. The maximum atomic E-state index is 11.7. The summed E-state index contributed by atoms with van der Waals surface area (Å²) in [6, 6.07) is 16.9. The van der Waals surface area contributed by atoms with Crippen LogP contribution in [0.1, 0.15) is 19.8 Å². The van der Waals surface area contributed by atoms with Crippen LogP contribution in [-0.2, 0) is 0 Å². The first kappa shape index (κ1) is 14.4. The van der Waals surface area contributed by atoms with E-state index in [0.29, 0.717) is 5.58 Å². The predicted molar refractivity (Wildman–Crippen MR) is 88.3 cm³/mol. The van der Waals surface area contributed by atoms with Gasteiger partial charge in [-0.2, -0.15) is 0 Å². The van der Waals surface area contributed by atoms with Gasteiger partial charge < -0.3 is 9.15 Å². The molecule has 0 amide bonds. The van der Waals surface area contributed by atoms with Crippen molar-refractivity contribution >= 4 is 11.0 Å². The highest BCUT2D eigenvalue weighted by atomic mass is 16.5. The summed E-state index contributed by atoms with van der Waals surface area (Å²) in [7, 11) is 0. The third kappa shape index (κ3) is 3.03. The summed E-state index contributed by atoms with van der Waals surface area (Å²) in [5, 5.41) is 0.932. The van der Waals surface area contributed by atoms with E-state index < -0.39 is 0 Å². The molecule has 112 valence electrons. The maximum Gasteiger partial charge on any atom is 0.336 e. The van der Waals surface area contributed by atoms with Gasteiger partial charge in [0.05, 0.1) is 6.61 Å². The van der Waals surface area contributed by atoms with Crippen molar-refractivity contribution in [2.45, 2.75) is 19.8 Å². The van der Waals surface area contributed by atoms with Gasteiger partial charge in [0.2, 0.25) is 0 Å². The monoisotopic (exact) mass is 294 g/mol. The second kappa shape index (κ2) is 6.48. The molecule has 2 aromatic carbocycles. The van der Waals surface area contributed by atoms with Gasteiger partial charge in [0, 0.05) is 11.5 Å². The fourth-order valence-electron chi connectivity index (χ4n) is 2.42. The molecule has 3 rings (SSSR count). The van der Waals surface area contributed by atoms with Crippen LogP contribution in [0.4, 0.5) is 0 Å². The van der Waals surface area contributed by atoms with Gasteiger partial charge in [-0.15, -0.1) is 0 Å². The zero-order chi connectivity index (χ0) is 15.4. The average Bonchev–Trinajstić information content (AvgIpc) is 2.55. The van der Waals surface area contributed by atoms with E-state index in [0.717, 1.165) is 41.7 Å². The molecule has 1 heterocycles. The summed E-state index contributed by atoms with van der Waals surface area (Å²) >= 11 is 0. The summed E-state index contributed by atoms with van der Waals surface area (Å²) in [6.45, 7) is 2.87. The zero-order valence-electron chi connectivity index (χ0n) is 12.5. The number of hydrogen-bond donors (Lipinski definition) is 0. The van der Waals surface area contributed by atoms with E-state index in [1.54, 1.807) is 0 Å². The van der Waals surface area contributed by atoms with Crippen LogP contribution in [0.15, 0.2) is 63.8 Å². The lowest BCUT2D eigenvalue weighted by Crippen LogP contribution is -1.98. The molecule has 0 atom stereocenters. The molecule has 0 saturated carbocycles. The molecule has 3 heteroatoms. The molecule has 3 nitrogen and oxygen atoms in total. The van der Waals surface area contributed by atoms with Gasteiger partial charge in [0.1, 0.15) is 11.3 Å². The molecule has 0 unspecified atom stereocenters. The molecule has 0 aliphatic rings. The van der Waals surface area contributed by atoms with Gasteiger partial charge in [-0.25, -0.2) is 4.79 Å². The van der Waals surface area contributed by atoms with Gasteiger partial charge in [-0.3, -0.25) is 0 Å². The van der Waals surface area contributed by atoms with Crippen molar-refractivity contribution in [3.8, 4) is 16.9 Å². The highest BCUT2D eigenvalue weighted by Crippen LogP contribution is 2.28. The van der Waals surface area contributed by atoms with Gasteiger partial charge in [0.25, 0.3) is 0 Å². The number of hydrogen-bond acceptors (Lipinski definition) is 3. The number of para-hydroxylation sites is 1. The van der Waals surface area contributed by atoms with Crippen LogP contribution in [0.25, 0.3) is 22.1 Å². The van der Waals surface area contributed by atoms with Crippen LogP contribution in [0, 0.1) is 0 Å². The zero-order valence-corrected chi connectivity index (χ0v) is 12.5. The fraction of sp³-hybridized carbons (Fsp3) is 0.211. The van der Waals surface area contributed by atoms with E-state index in [1.165, 1.54) is 6.07 Å². The van der Waals surface area contributed by atoms with E-state index in [9.17, 15) is 4.79 Å². The summed E-state index contributed by atoms with van der Waals surface area (Å²) in [4.78, 5) is 11.7. The standard InChI is InChI=1S/C19H18O3/c1-2-3-12-21-15-10-8-14(9-11-15)17-13-19(20)22-18-7-5-4-6-16(17)18/h4-11,13H,2-3,12H2,1H3. The normalized spacial score (nSPS) is 10.8. The minimum Gasteiger partial charge on any atom is -0.494 e. The van der Waals surface area contributed by atoms with Crippen molar-refractivity contribution in [3.05, 3.63) is 65.0 Å². The molecule has 0 saturated heterocycles. The molecule has 22 heavy (non-hydrogen) atoms. The Labute approximate surface area is 129 Å². The van der Waals surface area contributed by atoms with Crippen molar-refractivity contribution < 1.29 is 9.15 Å². The largest absolute Gasteiger partial charge is 0.494 e. The second-order valence-corrected chi connectivity index (χ2v) is 5.20. The van der Waals surface area contributed by atoms with Crippen molar-refractivity contribution in [1.82, 2.24) is 0 Å². The molecule has 0 aliphatic carbocycles. The summed E-state index contributed by atoms with van der Waals surface area (Å²) in [6.07, 6.45) is 2.16. The van der Waals surface area contributed by atoms with Crippen LogP contribution in [0.3, 0.4) is 0 Å². The van der Waals surface area contributed by atoms with Crippen LogP contribution < -0.4 is 10.4 Å². The van der Waals surface area contributed by atoms with Crippen LogP contribution in [-0.4, -0.2) is 6.61 Å². The van der Waals surface area contributed by atoms with E-state index in [4.69, 9.17) is 9.15 Å². The number of fused-ring (bicyclic) bond motifs is 1. The molecule has 1 aromatic heterocycles. The van der Waals surface area contributed by atoms with Gasteiger partial charge in [0.15, 0.2) is 0 Å². The molecule has 3 aromatic rings. The Morgan fingerprint density at radius 1 is 1.05 bits per heavy atom. The minimum atomic E-state index is -0.336. The third-order valence-corrected chi connectivity index (χ3v) is 3.58. The Morgan fingerprint density at radius 3 is 2.59 bits per heavy atom. The molecule has 0 spiro atoms. The summed E-state index contributed by atoms with van der Waals surface area (Å²) < 4.78 is 10.9. The Morgan fingerprint density at radius 2 is 1.82 bits per heavy atom.